The second-order valence-corrected chi connectivity index (χ2v) is 4.52. The van der Waals surface area contributed by atoms with Gasteiger partial charge in [0.25, 0.3) is 0 Å². The topological polar surface area (TPSA) is 33.1 Å². The minimum Gasteiger partial charge on any atom is -0.386 e. The highest BCUT2D eigenvalue weighted by molar-refractivity contribution is 7.10. The first-order valence-electron chi connectivity index (χ1n) is 4.57. The Labute approximate surface area is 97.2 Å². The van der Waals surface area contributed by atoms with Gasteiger partial charge in [0.05, 0.1) is 5.69 Å². The van der Waals surface area contributed by atoms with Gasteiger partial charge in [-0.25, -0.2) is 4.98 Å². The molecule has 1 heterocycles. The van der Waals surface area contributed by atoms with Gasteiger partial charge < -0.3 is 5.11 Å². The van der Waals surface area contributed by atoms with E-state index in [0.29, 0.717) is 10.0 Å². The van der Waals surface area contributed by atoms with Gasteiger partial charge in [0.15, 0.2) is 0 Å². The van der Waals surface area contributed by atoms with Crippen molar-refractivity contribution in [1.29, 1.82) is 0 Å². The molecule has 0 aliphatic carbocycles. The van der Waals surface area contributed by atoms with Crippen LogP contribution in [0.2, 0.25) is 5.02 Å². The summed E-state index contributed by atoms with van der Waals surface area (Å²) in [6.45, 7) is 1.70. The molecular formula is C11H10ClNOS. The SMILES string of the molecule is CC(O)c1nc(-c2ccccc2Cl)cs1. The quantitative estimate of drug-likeness (QED) is 0.870. The standard InChI is InChI=1S/C11H10ClNOS/c1-7(14)11-13-10(6-15-11)8-4-2-3-5-9(8)12/h2-7,14H,1H3. The molecule has 1 atom stereocenters. The number of nitrogens with zero attached hydrogens (tertiary/aromatic N) is 1. The van der Waals surface area contributed by atoms with E-state index in [0.717, 1.165) is 11.3 Å². The van der Waals surface area contributed by atoms with E-state index in [-0.39, 0.29) is 0 Å². The predicted molar refractivity (Wildman–Crippen MR) is 63.2 cm³/mol. The van der Waals surface area contributed by atoms with Crippen LogP contribution < -0.4 is 0 Å². The van der Waals surface area contributed by atoms with Gasteiger partial charge in [0, 0.05) is 16.0 Å². The Morgan fingerprint density at radius 3 is 2.73 bits per heavy atom. The molecule has 0 radical (unpaired) electrons. The van der Waals surface area contributed by atoms with Crippen LogP contribution in [-0.4, -0.2) is 10.1 Å². The maximum absolute atomic E-state index is 9.37. The van der Waals surface area contributed by atoms with E-state index < -0.39 is 6.10 Å². The van der Waals surface area contributed by atoms with Gasteiger partial charge in [-0.05, 0) is 13.0 Å². The van der Waals surface area contributed by atoms with Crippen LogP contribution in [0.3, 0.4) is 0 Å². The second-order valence-electron chi connectivity index (χ2n) is 3.23. The molecule has 0 aliphatic rings. The molecule has 0 fully saturated rings. The zero-order valence-electron chi connectivity index (χ0n) is 8.14. The number of hydrogen-bond acceptors (Lipinski definition) is 3. The summed E-state index contributed by atoms with van der Waals surface area (Å²) in [6, 6.07) is 7.55. The lowest BCUT2D eigenvalue weighted by atomic mass is 10.2. The minimum absolute atomic E-state index is 0.522. The number of hydrogen-bond donors (Lipinski definition) is 1. The van der Waals surface area contributed by atoms with Gasteiger partial charge in [-0.3, -0.25) is 0 Å². The lowest BCUT2D eigenvalue weighted by Crippen LogP contribution is -1.89. The summed E-state index contributed by atoms with van der Waals surface area (Å²) in [5.74, 6) is 0. The van der Waals surface area contributed by atoms with E-state index in [1.54, 1.807) is 6.92 Å². The van der Waals surface area contributed by atoms with Crippen LogP contribution in [0.5, 0.6) is 0 Å². The number of aliphatic hydroxyl groups is 1. The van der Waals surface area contributed by atoms with Crippen molar-refractivity contribution in [2.24, 2.45) is 0 Å². The molecule has 0 bridgehead atoms. The molecular weight excluding hydrogens is 230 g/mol. The van der Waals surface area contributed by atoms with Crippen molar-refractivity contribution in [2.75, 3.05) is 0 Å². The molecule has 0 spiro atoms. The monoisotopic (exact) mass is 239 g/mol. The number of halogens is 1. The van der Waals surface area contributed by atoms with E-state index in [2.05, 4.69) is 4.98 Å². The highest BCUT2D eigenvalue weighted by atomic mass is 35.5. The molecule has 2 aromatic rings. The third kappa shape index (κ3) is 2.20. The van der Waals surface area contributed by atoms with E-state index in [4.69, 9.17) is 11.6 Å². The molecule has 78 valence electrons. The van der Waals surface area contributed by atoms with Crippen LogP contribution in [0.1, 0.15) is 18.0 Å². The zero-order valence-corrected chi connectivity index (χ0v) is 9.72. The Hall–Kier alpha value is -0.900. The van der Waals surface area contributed by atoms with E-state index in [1.165, 1.54) is 11.3 Å². The molecule has 2 nitrogen and oxygen atoms in total. The summed E-state index contributed by atoms with van der Waals surface area (Å²) >= 11 is 7.49. The largest absolute Gasteiger partial charge is 0.386 e. The highest BCUT2D eigenvalue weighted by Gasteiger charge is 2.10. The van der Waals surface area contributed by atoms with E-state index >= 15 is 0 Å². The molecule has 0 amide bonds. The van der Waals surface area contributed by atoms with Gasteiger partial charge in [-0.2, -0.15) is 0 Å². The Morgan fingerprint density at radius 1 is 1.40 bits per heavy atom. The average Bonchev–Trinajstić information content (AvgIpc) is 2.67. The minimum atomic E-state index is -0.522. The number of thiazole rings is 1. The number of benzene rings is 1. The fourth-order valence-electron chi connectivity index (χ4n) is 1.27. The molecule has 2 rings (SSSR count). The Balaban J connectivity index is 2.42. The Morgan fingerprint density at radius 2 is 2.13 bits per heavy atom. The molecule has 1 aromatic carbocycles. The molecule has 1 N–H and O–H groups in total. The number of rotatable bonds is 2. The van der Waals surface area contributed by atoms with Crippen molar-refractivity contribution in [3.8, 4) is 11.3 Å². The maximum atomic E-state index is 9.37. The smallest absolute Gasteiger partial charge is 0.122 e. The van der Waals surface area contributed by atoms with Crippen LogP contribution in [0.25, 0.3) is 11.3 Å². The first-order valence-corrected chi connectivity index (χ1v) is 5.82. The van der Waals surface area contributed by atoms with Gasteiger partial charge in [0.2, 0.25) is 0 Å². The normalized spacial score (nSPS) is 12.7. The Kier molecular flexibility index (Phi) is 3.05. The summed E-state index contributed by atoms with van der Waals surface area (Å²) in [5, 5.41) is 12.7. The molecule has 15 heavy (non-hydrogen) atoms. The molecule has 4 heteroatoms. The van der Waals surface area contributed by atoms with Crippen molar-refractivity contribution in [3.05, 3.63) is 39.7 Å². The third-order valence-electron chi connectivity index (χ3n) is 2.03. The van der Waals surface area contributed by atoms with Crippen LogP contribution in [-0.2, 0) is 0 Å². The summed E-state index contributed by atoms with van der Waals surface area (Å²) in [5.41, 5.74) is 1.73. The summed E-state index contributed by atoms with van der Waals surface area (Å²) in [7, 11) is 0. The highest BCUT2D eigenvalue weighted by Crippen LogP contribution is 2.30. The lowest BCUT2D eigenvalue weighted by Gasteiger charge is -1.99. The maximum Gasteiger partial charge on any atom is 0.122 e. The molecule has 0 saturated carbocycles. The predicted octanol–water partition coefficient (Wildman–Crippen LogP) is 3.52. The zero-order chi connectivity index (χ0) is 10.8. The number of aliphatic hydroxyl groups excluding tert-OH is 1. The molecule has 0 aliphatic heterocycles. The fraction of sp³-hybridized carbons (Fsp3) is 0.182. The van der Waals surface area contributed by atoms with Crippen LogP contribution in [0.4, 0.5) is 0 Å². The first kappa shape index (κ1) is 10.6. The average molecular weight is 240 g/mol. The molecule has 1 aromatic heterocycles. The third-order valence-corrected chi connectivity index (χ3v) is 3.37. The molecule has 0 saturated heterocycles. The van der Waals surface area contributed by atoms with Crippen LogP contribution in [0.15, 0.2) is 29.6 Å². The fourth-order valence-corrected chi connectivity index (χ4v) is 2.26. The van der Waals surface area contributed by atoms with Crippen molar-refractivity contribution in [3.63, 3.8) is 0 Å². The number of aromatic nitrogens is 1. The van der Waals surface area contributed by atoms with Crippen molar-refractivity contribution < 1.29 is 5.11 Å². The Bertz CT molecular complexity index is 467. The van der Waals surface area contributed by atoms with E-state index in [9.17, 15) is 5.11 Å². The van der Waals surface area contributed by atoms with E-state index in [1.807, 2.05) is 29.6 Å². The van der Waals surface area contributed by atoms with Gasteiger partial charge in [0.1, 0.15) is 11.1 Å². The van der Waals surface area contributed by atoms with Crippen molar-refractivity contribution >= 4 is 22.9 Å². The second kappa shape index (κ2) is 4.31. The van der Waals surface area contributed by atoms with Crippen LogP contribution in [0, 0.1) is 0 Å². The lowest BCUT2D eigenvalue weighted by molar-refractivity contribution is 0.199. The van der Waals surface area contributed by atoms with Gasteiger partial charge >= 0.3 is 0 Å². The van der Waals surface area contributed by atoms with Crippen LogP contribution >= 0.6 is 22.9 Å². The van der Waals surface area contributed by atoms with Crippen molar-refractivity contribution in [2.45, 2.75) is 13.0 Å². The van der Waals surface area contributed by atoms with Gasteiger partial charge in [-0.1, -0.05) is 29.8 Å². The summed E-state index contributed by atoms with van der Waals surface area (Å²) in [6.07, 6.45) is -0.522. The summed E-state index contributed by atoms with van der Waals surface area (Å²) < 4.78 is 0. The summed E-state index contributed by atoms with van der Waals surface area (Å²) in [4.78, 5) is 4.32. The first-order chi connectivity index (χ1) is 7.18. The van der Waals surface area contributed by atoms with Crippen molar-refractivity contribution in [1.82, 2.24) is 4.98 Å². The molecule has 1 unspecified atom stereocenters. The van der Waals surface area contributed by atoms with Gasteiger partial charge in [-0.15, -0.1) is 11.3 Å².